The number of piperidine rings is 1. The summed E-state index contributed by atoms with van der Waals surface area (Å²) in [6.07, 6.45) is 8.42. The predicted molar refractivity (Wildman–Crippen MR) is 182 cm³/mol. The van der Waals surface area contributed by atoms with Gasteiger partial charge in [0.15, 0.2) is 17.3 Å². The Hall–Kier alpha value is -3.80. The lowest BCUT2D eigenvalue weighted by atomic mass is 9.71. The van der Waals surface area contributed by atoms with Gasteiger partial charge in [0.25, 0.3) is 5.91 Å². The predicted octanol–water partition coefficient (Wildman–Crippen LogP) is 4.28. The van der Waals surface area contributed by atoms with Gasteiger partial charge in [0, 0.05) is 74.3 Å². The van der Waals surface area contributed by atoms with Gasteiger partial charge in [0.2, 0.25) is 0 Å². The van der Waals surface area contributed by atoms with E-state index < -0.39 is 5.91 Å². The van der Waals surface area contributed by atoms with Gasteiger partial charge in [0.1, 0.15) is 5.69 Å². The third-order valence-electron chi connectivity index (χ3n) is 10.6. The van der Waals surface area contributed by atoms with Crippen molar-refractivity contribution in [3.63, 3.8) is 0 Å². The summed E-state index contributed by atoms with van der Waals surface area (Å²) < 4.78 is 5.53. The van der Waals surface area contributed by atoms with Crippen LogP contribution in [0.15, 0.2) is 42.6 Å². The largest absolute Gasteiger partial charge is 0.380 e. The first-order valence-electron chi connectivity index (χ1n) is 16.9. The van der Waals surface area contributed by atoms with Crippen LogP contribution in [0.2, 0.25) is 0 Å². The van der Waals surface area contributed by atoms with Crippen molar-refractivity contribution in [2.24, 2.45) is 11.1 Å². The van der Waals surface area contributed by atoms with E-state index in [0.717, 1.165) is 76.3 Å². The Labute approximate surface area is 271 Å². The Kier molecular flexibility index (Phi) is 8.80. The van der Waals surface area contributed by atoms with Crippen molar-refractivity contribution in [1.29, 1.82) is 0 Å². The zero-order chi connectivity index (χ0) is 31.7. The lowest BCUT2D eigenvalue weighted by Gasteiger charge is -2.46. The molecule has 0 radical (unpaired) electrons. The molecule has 1 amide bonds. The minimum Gasteiger partial charge on any atom is -0.380 e. The molecule has 1 saturated carbocycles. The molecule has 3 aliphatic heterocycles. The number of nitrogens with two attached hydrogens (primary N) is 1. The summed E-state index contributed by atoms with van der Waals surface area (Å²) >= 11 is 0. The van der Waals surface area contributed by atoms with E-state index in [1.807, 2.05) is 31.2 Å². The molecule has 0 atom stereocenters. The highest BCUT2D eigenvalue weighted by molar-refractivity contribution is 5.97. The van der Waals surface area contributed by atoms with E-state index in [-0.39, 0.29) is 11.7 Å². The molecular weight excluding hydrogens is 578 g/mol. The topological polar surface area (TPSA) is 125 Å². The number of piperazine rings is 1. The smallest absolute Gasteiger partial charge is 0.271 e. The molecule has 4 fully saturated rings. The quantitative estimate of drug-likeness (QED) is 0.334. The van der Waals surface area contributed by atoms with Gasteiger partial charge >= 0.3 is 0 Å². The van der Waals surface area contributed by atoms with E-state index >= 15 is 0 Å². The fraction of sp³-hybridized carbons (Fsp3) is 0.543. The van der Waals surface area contributed by atoms with Crippen molar-refractivity contribution in [3.8, 4) is 11.4 Å². The fourth-order valence-electron chi connectivity index (χ4n) is 7.51. The van der Waals surface area contributed by atoms with Crippen molar-refractivity contribution in [2.45, 2.75) is 57.5 Å². The molecule has 1 aliphatic carbocycles. The number of carbonyl (C=O) groups is 1. The summed E-state index contributed by atoms with van der Waals surface area (Å²) in [5, 5.41) is 7.04. The number of aryl methyl sites for hydroxylation is 1. The number of nitrogens with zero attached hydrogens (tertiary/aromatic N) is 6. The molecule has 0 bridgehead atoms. The second-order valence-electron chi connectivity index (χ2n) is 13.8. The Balaban J connectivity index is 1.08. The molecule has 4 aliphatic rings. The maximum atomic E-state index is 12.7. The van der Waals surface area contributed by atoms with Gasteiger partial charge in [-0.1, -0.05) is 6.07 Å². The number of hydrogen-bond donors (Lipinski definition) is 3. The average Bonchev–Trinajstić information content (AvgIpc) is 3.06. The van der Waals surface area contributed by atoms with Crippen LogP contribution in [-0.4, -0.2) is 102 Å². The van der Waals surface area contributed by atoms with E-state index in [4.69, 9.17) is 20.4 Å². The standard InChI is InChI=1S/C35H47N9O2/c1-24-4-3-15-37-29(24)30-33(39-26-9-13-35(14-10-26)22-46-23-35)41-34(31(40-30)32(36)45)38-25-5-7-27(8-6-25)43-16-11-28(12-17-43)44-20-18-42(2)19-21-44/h3-8,15,26,28H,9-14,16-23H2,1-2H3,(H2,36,45)(H2,38,39,41). The van der Waals surface area contributed by atoms with E-state index in [9.17, 15) is 4.79 Å². The normalized spacial score (nSPS) is 21.2. The van der Waals surface area contributed by atoms with Crippen LogP contribution in [0.3, 0.4) is 0 Å². The highest BCUT2D eigenvalue weighted by Gasteiger charge is 2.41. The molecule has 4 N–H and O–H groups in total. The van der Waals surface area contributed by atoms with Crippen LogP contribution in [0, 0.1) is 12.3 Å². The number of hydrogen-bond acceptors (Lipinski definition) is 10. The molecule has 1 spiro atoms. The lowest BCUT2D eigenvalue weighted by Crippen LogP contribution is -2.52. The number of benzene rings is 1. The van der Waals surface area contributed by atoms with Gasteiger partial charge in [-0.2, -0.15) is 0 Å². The first-order chi connectivity index (χ1) is 22.4. The molecule has 2 aromatic heterocycles. The Bertz CT molecular complexity index is 1520. The van der Waals surface area contributed by atoms with Crippen molar-refractivity contribution in [3.05, 3.63) is 53.9 Å². The number of likely N-dealkylation sites (N-methyl/N-ethyl adjacent to an activating group) is 1. The second-order valence-corrected chi connectivity index (χ2v) is 13.8. The summed E-state index contributed by atoms with van der Waals surface area (Å²) in [4.78, 5) is 34.7. The van der Waals surface area contributed by atoms with E-state index in [1.54, 1.807) is 6.20 Å². The molecule has 3 aromatic rings. The first-order valence-corrected chi connectivity index (χ1v) is 16.9. The molecule has 11 nitrogen and oxygen atoms in total. The van der Waals surface area contributed by atoms with Gasteiger partial charge in [-0.25, -0.2) is 9.97 Å². The zero-order valence-electron chi connectivity index (χ0n) is 27.2. The zero-order valence-corrected chi connectivity index (χ0v) is 27.2. The van der Waals surface area contributed by atoms with Crippen molar-refractivity contribution in [2.75, 3.05) is 75.1 Å². The monoisotopic (exact) mass is 625 g/mol. The first kappa shape index (κ1) is 30.8. The molecular formula is C35H47N9O2. The third kappa shape index (κ3) is 6.54. The number of ether oxygens (including phenoxy) is 1. The number of pyridine rings is 1. The third-order valence-corrected chi connectivity index (χ3v) is 10.6. The fourth-order valence-corrected chi connectivity index (χ4v) is 7.51. The molecule has 11 heteroatoms. The Morgan fingerprint density at radius 2 is 1.63 bits per heavy atom. The van der Waals surface area contributed by atoms with Crippen LogP contribution in [-0.2, 0) is 4.74 Å². The van der Waals surface area contributed by atoms with Crippen LogP contribution in [0.5, 0.6) is 0 Å². The Morgan fingerprint density at radius 1 is 0.913 bits per heavy atom. The number of aromatic nitrogens is 3. The summed E-state index contributed by atoms with van der Waals surface area (Å²) in [6.45, 7) is 10.5. The van der Waals surface area contributed by atoms with Crippen LogP contribution in [0.4, 0.5) is 23.0 Å². The summed E-state index contributed by atoms with van der Waals surface area (Å²) in [5.74, 6) is 0.313. The van der Waals surface area contributed by atoms with Gasteiger partial charge in [-0.05, 0) is 88.4 Å². The molecule has 46 heavy (non-hydrogen) atoms. The van der Waals surface area contributed by atoms with Gasteiger partial charge < -0.3 is 30.9 Å². The number of amides is 1. The molecule has 1 aromatic carbocycles. The van der Waals surface area contributed by atoms with Crippen LogP contribution in [0.1, 0.15) is 54.6 Å². The highest BCUT2D eigenvalue weighted by atomic mass is 16.5. The highest BCUT2D eigenvalue weighted by Crippen LogP contribution is 2.43. The van der Waals surface area contributed by atoms with Crippen molar-refractivity contribution >= 4 is 28.9 Å². The maximum Gasteiger partial charge on any atom is 0.271 e. The average molecular weight is 626 g/mol. The number of carbonyl (C=O) groups excluding carboxylic acids is 1. The SMILES string of the molecule is Cc1cccnc1-c1nc(C(N)=O)c(Nc2ccc(N3CCC(N4CCN(C)CC4)CC3)cc2)nc1NC1CCC2(CC1)COC2. The molecule has 0 unspecified atom stereocenters. The minimum atomic E-state index is -0.638. The lowest BCUT2D eigenvalue weighted by molar-refractivity contribution is -0.131. The summed E-state index contributed by atoms with van der Waals surface area (Å²) in [5.41, 5.74) is 10.5. The number of nitrogens with one attached hydrogen (secondary N) is 2. The van der Waals surface area contributed by atoms with Crippen LogP contribution >= 0.6 is 0 Å². The Morgan fingerprint density at radius 3 is 2.26 bits per heavy atom. The van der Waals surface area contributed by atoms with Crippen LogP contribution in [0.25, 0.3) is 11.4 Å². The maximum absolute atomic E-state index is 12.7. The minimum absolute atomic E-state index is 0.0925. The summed E-state index contributed by atoms with van der Waals surface area (Å²) in [6, 6.07) is 13.2. The number of primary amides is 1. The van der Waals surface area contributed by atoms with Crippen LogP contribution < -0.4 is 21.3 Å². The number of rotatable bonds is 8. The van der Waals surface area contributed by atoms with Crippen molar-refractivity contribution < 1.29 is 9.53 Å². The summed E-state index contributed by atoms with van der Waals surface area (Å²) in [7, 11) is 2.21. The van der Waals surface area contributed by atoms with E-state index in [0.29, 0.717) is 34.5 Å². The molecule has 3 saturated heterocycles. The van der Waals surface area contributed by atoms with Gasteiger partial charge in [0.05, 0.1) is 18.9 Å². The molecule has 244 valence electrons. The second kappa shape index (κ2) is 13.1. The van der Waals surface area contributed by atoms with Gasteiger partial charge in [-0.15, -0.1) is 0 Å². The van der Waals surface area contributed by atoms with Gasteiger partial charge in [-0.3, -0.25) is 14.7 Å². The number of anilines is 4. The molecule has 7 rings (SSSR count). The van der Waals surface area contributed by atoms with Crippen molar-refractivity contribution in [1.82, 2.24) is 24.8 Å². The van der Waals surface area contributed by atoms with E-state index in [2.05, 4.69) is 49.5 Å². The van der Waals surface area contributed by atoms with E-state index in [1.165, 1.54) is 31.6 Å². The molecule has 5 heterocycles.